The lowest BCUT2D eigenvalue weighted by Crippen LogP contribution is -2.31. The summed E-state index contributed by atoms with van der Waals surface area (Å²) in [7, 11) is -3.76. The van der Waals surface area contributed by atoms with Crippen LogP contribution in [0.5, 0.6) is 0 Å². The Balaban J connectivity index is 2.23. The molecular formula is C26H52O4PS. The van der Waals surface area contributed by atoms with Crippen molar-refractivity contribution in [2.75, 3.05) is 24.3 Å². The van der Waals surface area contributed by atoms with Crippen LogP contribution in [0.3, 0.4) is 0 Å². The summed E-state index contributed by atoms with van der Waals surface area (Å²) in [6.07, 6.45) is 19.3. The smallest absolute Gasteiger partial charge is 0.324 e. The number of rotatable bonds is 21. The lowest BCUT2D eigenvalue weighted by Gasteiger charge is -2.33. The lowest BCUT2D eigenvalue weighted by molar-refractivity contribution is 0.0101. The molecule has 0 aliphatic heterocycles. The van der Waals surface area contributed by atoms with Crippen molar-refractivity contribution < 1.29 is 19.1 Å². The van der Waals surface area contributed by atoms with Gasteiger partial charge in [-0.25, -0.2) is 5.11 Å². The van der Waals surface area contributed by atoms with Crippen molar-refractivity contribution in [2.45, 2.75) is 129 Å². The van der Waals surface area contributed by atoms with E-state index in [1.165, 1.54) is 88.6 Å². The average molecular weight is 492 g/mol. The molecule has 1 N–H and O–H groups in total. The van der Waals surface area contributed by atoms with Gasteiger partial charge in [-0.05, 0) is 49.0 Å². The highest BCUT2D eigenvalue weighted by Gasteiger charge is 2.35. The maximum Gasteiger partial charge on any atom is 0.330 e. The molecule has 6 heteroatoms. The molecule has 1 rings (SSSR count). The minimum absolute atomic E-state index is 0.0317. The molecule has 1 aliphatic rings. The Morgan fingerprint density at radius 3 is 2.09 bits per heavy atom. The molecule has 0 saturated heterocycles. The Labute approximate surface area is 203 Å². The van der Waals surface area contributed by atoms with Crippen LogP contribution in [0.25, 0.3) is 0 Å². The van der Waals surface area contributed by atoms with Gasteiger partial charge in [0.15, 0.2) is 0 Å². The largest absolute Gasteiger partial charge is 0.330 e. The van der Waals surface area contributed by atoms with Gasteiger partial charge in [-0.1, -0.05) is 97.3 Å². The number of unbranched alkanes of at least 4 members (excludes halogenated alkanes) is 8. The predicted octanol–water partition coefficient (Wildman–Crippen LogP) is 8.64. The summed E-state index contributed by atoms with van der Waals surface area (Å²) in [5, 5.41) is 13.0. The van der Waals surface area contributed by atoms with E-state index in [0.29, 0.717) is 12.3 Å². The third kappa shape index (κ3) is 15.4. The van der Waals surface area contributed by atoms with E-state index in [9.17, 15) is 14.6 Å². The van der Waals surface area contributed by atoms with Gasteiger partial charge in [0, 0.05) is 0 Å². The van der Waals surface area contributed by atoms with Gasteiger partial charge in [0.1, 0.15) is 6.10 Å². The highest BCUT2D eigenvalue weighted by Crippen LogP contribution is 2.46. The first kappa shape index (κ1) is 30.5. The lowest BCUT2D eigenvalue weighted by atomic mass is 9.75. The van der Waals surface area contributed by atoms with E-state index in [1.54, 1.807) is 0 Å². The Bertz CT molecular complexity index is 471. The first-order valence-corrected chi connectivity index (χ1v) is 16.6. The van der Waals surface area contributed by atoms with Gasteiger partial charge in [0.2, 0.25) is 0 Å². The molecule has 1 fully saturated rings. The van der Waals surface area contributed by atoms with Crippen molar-refractivity contribution in [3.05, 3.63) is 0 Å². The molecule has 32 heavy (non-hydrogen) atoms. The molecule has 191 valence electrons. The molecule has 1 saturated carbocycles. The van der Waals surface area contributed by atoms with Gasteiger partial charge in [-0.2, -0.15) is 11.8 Å². The van der Waals surface area contributed by atoms with Crippen LogP contribution < -0.4 is 0 Å². The van der Waals surface area contributed by atoms with Crippen molar-refractivity contribution in [1.29, 1.82) is 0 Å². The molecule has 0 heterocycles. The van der Waals surface area contributed by atoms with Gasteiger partial charge in [0.05, 0.1) is 12.8 Å². The molecule has 1 aliphatic carbocycles. The molecule has 0 aromatic heterocycles. The van der Waals surface area contributed by atoms with Crippen LogP contribution in [0, 0.1) is 11.8 Å². The fraction of sp³-hybridized carbons (Fsp3) is 1.00. The highest BCUT2D eigenvalue weighted by molar-refractivity contribution is 7.99. The zero-order chi connectivity index (χ0) is 23.5. The molecule has 4 nitrogen and oxygen atoms in total. The Kier molecular flexibility index (Phi) is 18.8. The molecule has 0 amide bonds. The second-order valence-corrected chi connectivity index (χ2v) is 13.0. The molecule has 1 radical (unpaired) electrons. The summed E-state index contributed by atoms with van der Waals surface area (Å²) in [6, 6.07) is 0. The van der Waals surface area contributed by atoms with Crippen LogP contribution in [-0.2, 0) is 14.2 Å². The standard InChI is InChI=1S/C26H52O4PS/c1-3-5-6-9-15-21-32-22-16-10-7-8-14-19-25(24-17-12-11-13-18-24)26(27)23-31(28,29)30-20-4-2/h24-26H,3-23H2,1-2H3,(H,28,29). The van der Waals surface area contributed by atoms with Gasteiger partial charge < -0.3 is 9.42 Å². The molecule has 0 aromatic rings. The zero-order valence-corrected chi connectivity index (χ0v) is 22.8. The van der Waals surface area contributed by atoms with E-state index in [0.717, 1.165) is 25.7 Å². The molecule has 0 spiro atoms. The van der Waals surface area contributed by atoms with Crippen LogP contribution in [0.1, 0.15) is 123 Å². The Morgan fingerprint density at radius 2 is 1.47 bits per heavy atom. The summed E-state index contributed by atoms with van der Waals surface area (Å²) in [5.41, 5.74) is 0. The zero-order valence-electron chi connectivity index (χ0n) is 21.1. The quantitative estimate of drug-likeness (QED) is 0.129. The van der Waals surface area contributed by atoms with Crippen molar-refractivity contribution in [3.63, 3.8) is 0 Å². The predicted molar refractivity (Wildman–Crippen MR) is 139 cm³/mol. The van der Waals surface area contributed by atoms with Crippen LogP contribution in [0.4, 0.5) is 0 Å². The fourth-order valence-electron chi connectivity index (χ4n) is 4.96. The third-order valence-corrected chi connectivity index (χ3v) is 9.42. The summed E-state index contributed by atoms with van der Waals surface area (Å²) < 4.78 is 17.4. The van der Waals surface area contributed by atoms with Gasteiger partial charge in [-0.3, -0.25) is 4.57 Å². The van der Waals surface area contributed by atoms with Crippen LogP contribution in [-0.4, -0.2) is 35.3 Å². The minimum atomic E-state index is -3.76. The topological polar surface area (TPSA) is 66.4 Å². The van der Waals surface area contributed by atoms with Gasteiger partial charge in [-0.15, -0.1) is 0 Å². The highest BCUT2D eigenvalue weighted by atomic mass is 32.2. The fourth-order valence-corrected chi connectivity index (χ4v) is 7.28. The summed E-state index contributed by atoms with van der Waals surface area (Å²) in [5.74, 6) is 3.06. The van der Waals surface area contributed by atoms with E-state index in [4.69, 9.17) is 4.52 Å². The summed E-state index contributed by atoms with van der Waals surface area (Å²) >= 11 is 2.11. The minimum Gasteiger partial charge on any atom is -0.324 e. The Hall–Kier alpha value is 0.460. The van der Waals surface area contributed by atoms with Crippen molar-refractivity contribution in [3.8, 4) is 0 Å². The van der Waals surface area contributed by atoms with Crippen LogP contribution >= 0.6 is 19.4 Å². The summed E-state index contributed by atoms with van der Waals surface area (Å²) in [4.78, 5) is 10.1. The number of hydrogen-bond donors (Lipinski definition) is 1. The third-order valence-electron chi connectivity index (χ3n) is 6.86. The van der Waals surface area contributed by atoms with E-state index in [2.05, 4.69) is 18.7 Å². The molecule has 3 unspecified atom stereocenters. The summed E-state index contributed by atoms with van der Waals surface area (Å²) in [6.45, 7) is 4.43. The van der Waals surface area contributed by atoms with E-state index in [1.807, 2.05) is 6.92 Å². The number of hydrogen-bond acceptors (Lipinski definition) is 3. The normalized spacial score (nSPS) is 19.0. The van der Waals surface area contributed by atoms with Crippen molar-refractivity contribution >= 4 is 19.4 Å². The van der Waals surface area contributed by atoms with Crippen molar-refractivity contribution in [1.82, 2.24) is 0 Å². The van der Waals surface area contributed by atoms with Crippen LogP contribution in [0.2, 0.25) is 0 Å². The number of thioether (sulfide) groups is 1. The monoisotopic (exact) mass is 491 g/mol. The maximum atomic E-state index is 13.0. The van der Waals surface area contributed by atoms with Crippen LogP contribution in [0.15, 0.2) is 0 Å². The van der Waals surface area contributed by atoms with E-state index < -0.39 is 13.7 Å². The first-order valence-electron chi connectivity index (χ1n) is 13.7. The SMILES string of the molecule is CCCCCCCSCCCCCCCC(C([O])CP(=O)(O)OCCC)C1CCCCC1. The second-order valence-electron chi connectivity index (χ2n) is 9.84. The molecule has 3 atom stereocenters. The second kappa shape index (κ2) is 19.7. The average Bonchev–Trinajstić information content (AvgIpc) is 2.78. The van der Waals surface area contributed by atoms with E-state index >= 15 is 0 Å². The first-order chi connectivity index (χ1) is 15.5. The van der Waals surface area contributed by atoms with Crippen molar-refractivity contribution in [2.24, 2.45) is 11.8 Å². The maximum absolute atomic E-state index is 13.0. The van der Waals surface area contributed by atoms with Gasteiger partial charge in [0.25, 0.3) is 0 Å². The van der Waals surface area contributed by atoms with E-state index in [-0.39, 0.29) is 18.7 Å². The molecule has 0 aromatic carbocycles. The Morgan fingerprint density at radius 1 is 0.875 bits per heavy atom. The molecule has 0 bridgehead atoms. The molecular weight excluding hydrogens is 439 g/mol. The van der Waals surface area contributed by atoms with Gasteiger partial charge >= 0.3 is 7.60 Å².